The van der Waals surface area contributed by atoms with Crippen molar-refractivity contribution in [2.75, 3.05) is 0 Å². The third kappa shape index (κ3) is 2.01. The molecule has 3 aromatic heterocycles. The molecule has 0 aliphatic heterocycles. The minimum absolute atomic E-state index is 0.918. The third-order valence-corrected chi connectivity index (χ3v) is 4.31. The topological polar surface area (TPSA) is 46.5 Å². The van der Waals surface area contributed by atoms with Crippen LogP contribution in [0.15, 0.2) is 79.4 Å². The molecule has 2 aromatic carbocycles. The van der Waals surface area contributed by atoms with E-state index in [1.807, 2.05) is 22.9 Å². The number of aromatic amines is 1. The van der Waals surface area contributed by atoms with Crippen LogP contribution in [0.5, 0.6) is 0 Å². The normalized spacial score (nSPS) is 11.3. The maximum atomic E-state index is 4.82. The van der Waals surface area contributed by atoms with Crippen molar-refractivity contribution in [2.24, 2.45) is 0 Å². The van der Waals surface area contributed by atoms with Crippen LogP contribution in [0.25, 0.3) is 38.9 Å². The van der Waals surface area contributed by atoms with Gasteiger partial charge in [-0.05, 0) is 30.3 Å². The van der Waals surface area contributed by atoms with Gasteiger partial charge < -0.3 is 9.55 Å². The van der Waals surface area contributed by atoms with E-state index in [9.17, 15) is 0 Å². The van der Waals surface area contributed by atoms with Crippen LogP contribution in [0.3, 0.4) is 0 Å². The second kappa shape index (κ2) is 5.06. The molecule has 3 heterocycles. The minimum Gasteiger partial charge on any atom is -0.339 e. The summed E-state index contributed by atoms with van der Waals surface area (Å²) in [6, 6.07) is 20.8. The number of pyridine rings is 1. The fourth-order valence-corrected chi connectivity index (χ4v) is 3.12. The Bertz CT molecular complexity index is 1150. The van der Waals surface area contributed by atoms with Gasteiger partial charge in [-0.25, -0.2) is 9.97 Å². The van der Waals surface area contributed by atoms with Crippen molar-refractivity contribution in [3.05, 3.63) is 79.4 Å². The number of H-pyrrole nitrogens is 1. The lowest BCUT2D eigenvalue weighted by atomic mass is 10.1. The standard InChI is InChI=1S/C20H14N4/c1-2-7-19-16(6-1)17-8-9-18(22-20(17)23-19)14-4-3-5-15(12-14)24-11-10-21-13-24/h1-13H,(H,22,23). The third-order valence-electron chi connectivity index (χ3n) is 4.31. The van der Waals surface area contributed by atoms with Crippen LogP contribution in [-0.2, 0) is 0 Å². The first kappa shape index (κ1) is 13.1. The summed E-state index contributed by atoms with van der Waals surface area (Å²) in [5, 5.41) is 2.36. The Morgan fingerprint density at radius 1 is 0.875 bits per heavy atom. The van der Waals surface area contributed by atoms with Crippen molar-refractivity contribution in [2.45, 2.75) is 0 Å². The Kier molecular flexibility index (Phi) is 2.76. The molecule has 0 aliphatic rings. The predicted octanol–water partition coefficient (Wildman–Crippen LogP) is 4.57. The van der Waals surface area contributed by atoms with Gasteiger partial charge in [0.1, 0.15) is 5.65 Å². The lowest BCUT2D eigenvalue weighted by Crippen LogP contribution is -1.91. The molecule has 0 aliphatic carbocycles. The number of nitrogens with one attached hydrogen (secondary N) is 1. The van der Waals surface area contributed by atoms with Crippen LogP contribution in [0, 0.1) is 0 Å². The van der Waals surface area contributed by atoms with Gasteiger partial charge >= 0.3 is 0 Å². The summed E-state index contributed by atoms with van der Waals surface area (Å²) in [6.07, 6.45) is 5.52. The molecule has 1 N–H and O–H groups in total. The van der Waals surface area contributed by atoms with Gasteiger partial charge in [-0.1, -0.05) is 30.3 Å². The van der Waals surface area contributed by atoms with Crippen LogP contribution in [0.4, 0.5) is 0 Å². The van der Waals surface area contributed by atoms with E-state index in [1.54, 1.807) is 12.5 Å². The van der Waals surface area contributed by atoms with E-state index >= 15 is 0 Å². The molecule has 4 nitrogen and oxygen atoms in total. The van der Waals surface area contributed by atoms with Gasteiger partial charge in [0.15, 0.2) is 0 Å². The summed E-state index contributed by atoms with van der Waals surface area (Å²) in [5.41, 5.74) is 5.15. The van der Waals surface area contributed by atoms with E-state index in [0.29, 0.717) is 0 Å². The number of fused-ring (bicyclic) bond motifs is 3. The molecule has 0 atom stereocenters. The lowest BCUT2D eigenvalue weighted by Gasteiger charge is -2.06. The highest BCUT2D eigenvalue weighted by atomic mass is 15.0. The second-order valence-corrected chi connectivity index (χ2v) is 5.78. The van der Waals surface area contributed by atoms with Crippen LogP contribution in [-0.4, -0.2) is 19.5 Å². The number of benzene rings is 2. The summed E-state index contributed by atoms with van der Waals surface area (Å²) < 4.78 is 1.99. The largest absolute Gasteiger partial charge is 0.339 e. The Labute approximate surface area is 138 Å². The first-order chi connectivity index (χ1) is 11.9. The van der Waals surface area contributed by atoms with E-state index < -0.39 is 0 Å². The number of aromatic nitrogens is 4. The summed E-state index contributed by atoms with van der Waals surface area (Å²) in [6.45, 7) is 0. The van der Waals surface area contributed by atoms with Gasteiger partial charge in [-0.2, -0.15) is 0 Å². The Hall–Kier alpha value is -3.40. The predicted molar refractivity (Wildman–Crippen MR) is 96.2 cm³/mol. The molecule has 0 saturated carbocycles. The highest BCUT2D eigenvalue weighted by Gasteiger charge is 2.07. The molecule has 0 bridgehead atoms. The first-order valence-electron chi connectivity index (χ1n) is 7.85. The average Bonchev–Trinajstić information content (AvgIpc) is 3.29. The molecule has 24 heavy (non-hydrogen) atoms. The Morgan fingerprint density at radius 3 is 2.75 bits per heavy atom. The van der Waals surface area contributed by atoms with Gasteiger partial charge in [0.2, 0.25) is 0 Å². The van der Waals surface area contributed by atoms with E-state index in [4.69, 9.17) is 4.98 Å². The van der Waals surface area contributed by atoms with E-state index in [0.717, 1.165) is 33.5 Å². The maximum absolute atomic E-state index is 4.82. The van der Waals surface area contributed by atoms with Crippen LogP contribution in [0.2, 0.25) is 0 Å². The molecule has 0 fully saturated rings. The van der Waals surface area contributed by atoms with Crippen molar-refractivity contribution in [3.8, 4) is 16.9 Å². The molecule has 114 valence electrons. The molecular weight excluding hydrogens is 296 g/mol. The van der Waals surface area contributed by atoms with Crippen LogP contribution < -0.4 is 0 Å². The van der Waals surface area contributed by atoms with Gasteiger partial charge in [-0.3, -0.25) is 0 Å². The Balaban J connectivity index is 1.66. The van der Waals surface area contributed by atoms with Crippen molar-refractivity contribution >= 4 is 21.9 Å². The smallest absolute Gasteiger partial charge is 0.139 e. The van der Waals surface area contributed by atoms with Crippen LogP contribution in [0.1, 0.15) is 0 Å². The second-order valence-electron chi connectivity index (χ2n) is 5.78. The van der Waals surface area contributed by atoms with E-state index in [-0.39, 0.29) is 0 Å². The molecule has 0 radical (unpaired) electrons. The van der Waals surface area contributed by atoms with Gasteiger partial charge in [0, 0.05) is 39.9 Å². The van der Waals surface area contributed by atoms with Crippen molar-refractivity contribution in [3.63, 3.8) is 0 Å². The van der Waals surface area contributed by atoms with Crippen molar-refractivity contribution in [1.29, 1.82) is 0 Å². The van der Waals surface area contributed by atoms with Gasteiger partial charge in [0.25, 0.3) is 0 Å². The molecular formula is C20H14N4. The molecule has 0 unspecified atom stereocenters. The van der Waals surface area contributed by atoms with Gasteiger partial charge in [-0.15, -0.1) is 0 Å². The summed E-state index contributed by atoms with van der Waals surface area (Å²) >= 11 is 0. The zero-order valence-corrected chi connectivity index (χ0v) is 12.8. The fourth-order valence-electron chi connectivity index (χ4n) is 3.12. The highest BCUT2D eigenvalue weighted by molar-refractivity contribution is 6.06. The van der Waals surface area contributed by atoms with E-state index in [2.05, 4.69) is 58.5 Å². The molecule has 0 saturated heterocycles. The lowest BCUT2D eigenvalue weighted by molar-refractivity contribution is 1.06. The van der Waals surface area contributed by atoms with Crippen LogP contribution >= 0.6 is 0 Å². The zero-order valence-electron chi connectivity index (χ0n) is 12.8. The number of rotatable bonds is 2. The summed E-state index contributed by atoms with van der Waals surface area (Å²) in [7, 11) is 0. The van der Waals surface area contributed by atoms with E-state index in [1.165, 1.54) is 5.39 Å². The van der Waals surface area contributed by atoms with Crippen molar-refractivity contribution < 1.29 is 0 Å². The molecule has 0 spiro atoms. The molecule has 0 amide bonds. The zero-order chi connectivity index (χ0) is 15.9. The summed E-state index contributed by atoms with van der Waals surface area (Å²) in [5.74, 6) is 0. The number of para-hydroxylation sites is 1. The SMILES string of the molecule is c1cc(-c2ccc3c(n2)[nH]c2ccccc23)cc(-n2ccnc2)c1. The summed E-state index contributed by atoms with van der Waals surface area (Å²) in [4.78, 5) is 12.3. The molecule has 5 rings (SSSR count). The minimum atomic E-state index is 0.918. The number of hydrogen-bond acceptors (Lipinski definition) is 2. The average molecular weight is 310 g/mol. The highest BCUT2D eigenvalue weighted by Crippen LogP contribution is 2.27. The number of nitrogens with zero attached hydrogens (tertiary/aromatic N) is 3. The molecule has 4 heteroatoms. The fraction of sp³-hybridized carbons (Fsp3) is 0. The van der Waals surface area contributed by atoms with Gasteiger partial charge in [0.05, 0.1) is 12.0 Å². The molecule has 5 aromatic rings. The number of hydrogen-bond donors (Lipinski definition) is 1. The maximum Gasteiger partial charge on any atom is 0.139 e. The number of imidazole rings is 1. The quantitative estimate of drug-likeness (QED) is 0.519. The monoisotopic (exact) mass is 310 g/mol. The van der Waals surface area contributed by atoms with Crippen molar-refractivity contribution in [1.82, 2.24) is 19.5 Å². The Morgan fingerprint density at radius 2 is 1.83 bits per heavy atom. The first-order valence-corrected chi connectivity index (χ1v) is 7.85.